The van der Waals surface area contributed by atoms with Crippen molar-refractivity contribution in [3.8, 4) is 0 Å². The van der Waals surface area contributed by atoms with E-state index in [4.69, 9.17) is 0 Å². The van der Waals surface area contributed by atoms with Crippen LogP contribution in [-0.4, -0.2) is 26.1 Å². The number of nitrogens with zero attached hydrogens (tertiary/aromatic N) is 2. The molecular weight excluding hydrogens is 443 g/mol. The first kappa shape index (κ1) is 20.0. The number of nitrogens with one attached hydrogen (secondary N) is 2. The summed E-state index contributed by atoms with van der Waals surface area (Å²) in [6.45, 7) is 5.33. The summed E-state index contributed by atoms with van der Waals surface area (Å²) in [7, 11) is 1.82. The van der Waals surface area contributed by atoms with Crippen LogP contribution in [0.3, 0.4) is 0 Å². The van der Waals surface area contributed by atoms with Crippen LogP contribution < -0.4 is 15.5 Å². The first-order valence-corrected chi connectivity index (χ1v) is 9.53. The molecule has 1 aliphatic rings. The van der Waals surface area contributed by atoms with Crippen molar-refractivity contribution >= 4 is 47.0 Å². The second kappa shape index (κ2) is 10.0. The van der Waals surface area contributed by atoms with Crippen LogP contribution in [0.4, 0.5) is 5.69 Å². The fraction of sp³-hybridized carbons (Fsp3) is 0.421. The van der Waals surface area contributed by atoms with Gasteiger partial charge in [0.25, 0.3) is 0 Å². The quantitative estimate of drug-likeness (QED) is 0.387. The Labute approximate surface area is 171 Å². The topological polar surface area (TPSA) is 39.7 Å². The van der Waals surface area contributed by atoms with Crippen molar-refractivity contribution in [1.29, 1.82) is 0 Å². The van der Waals surface area contributed by atoms with Gasteiger partial charge in [0.05, 0.1) is 6.04 Å². The van der Waals surface area contributed by atoms with Gasteiger partial charge >= 0.3 is 0 Å². The molecule has 0 saturated carbocycles. The molecule has 25 heavy (non-hydrogen) atoms. The van der Waals surface area contributed by atoms with Crippen LogP contribution in [0.2, 0.25) is 0 Å². The molecule has 0 aliphatic carbocycles. The van der Waals surface area contributed by atoms with Crippen molar-refractivity contribution in [2.24, 2.45) is 4.99 Å². The van der Waals surface area contributed by atoms with Gasteiger partial charge in [-0.15, -0.1) is 24.0 Å². The van der Waals surface area contributed by atoms with E-state index >= 15 is 0 Å². The molecule has 136 valence electrons. The predicted molar refractivity (Wildman–Crippen MR) is 119 cm³/mol. The number of rotatable bonds is 5. The Balaban J connectivity index is 0.00000225. The molecule has 0 radical (unpaired) electrons. The summed E-state index contributed by atoms with van der Waals surface area (Å²) in [5.41, 5.74) is 3.91. The molecule has 0 spiro atoms. The molecule has 2 N–H and O–H groups in total. The molecule has 2 aromatic rings. The molecule has 4 nitrogen and oxygen atoms in total. The second-order valence-corrected chi connectivity index (χ2v) is 6.99. The van der Waals surface area contributed by atoms with Gasteiger partial charge in [0.1, 0.15) is 0 Å². The average Bonchev–Trinajstić information content (AvgIpc) is 3.32. The molecule has 1 fully saturated rings. The summed E-state index contributed by atoms with van der Waals surface area (Å²) in [5.74, 6) is 0.834. The number of aliphatic imine (C=N–C) groups is 1. The summed E-state index contributed by atoms with van der Waals surface area (Å²) in [6.07, 6.45) is 2.61. The summed E-state index contributed by atoms with van der Waals surface area (Å²) in [4.78, 5) is 6.81. The molecule has 0 amide bonds. The molecule has 6 heteroatoms. The van der Waals surface area contributed by atoms with E-state index in [1.165, 1.54) is 42.7 Å². The minimum atomic E-state index is 0. The first-order valence-electron chi connectivity index (χ1n) is 8.59. The molecular formula is C19H27IN4S. The number of hydrogen-bond donors (Lipinski definition) is 2. The maximum Gasteiger partial charge on any atom is 0.191 e. The highest BCUT2D eigenvalue weighted by atomic mass is 127. The Morgan fingerprint density at radius 3 is 2.76 bits per heavy atom. The van der Waals surface area contributed by atoms with E-state index in [0.717, 1.165) is 12.5 Å². The standard InChI is InChI=1S/C19H26N4S.HI/c1-15(22-19(20-2)21-13-16-8-11-24-14-16)17-6-5-7-18(12-17)23-9-3-4-10-23;/h5-8,11-12,14-15H,3-4,9-10,13H2,1-2H3,(H2,20,21,22);1H. The average molecular weight is 470 g/mol. The number of anilines is 1. The third-order valence-corrected chi connectivity index (χ3v) is 5.19. The van der Waals surface area contributed by atoms with Crippen LogP contribution in [0, 0.1) is 0 Å². The molecule has 1 aliphatic heterocycles. The highest BCUT2D eigenvalue weighted by molar-refractivity contribution is 14.0. The zero-order chi connectivity index (χ0) is 16.8. The van der Waals surface area contributed by atoms with Crippen LogP contribution in [-0.2, 0) is 6.54 Å². The second-order valence-electron chi connectivity index (χ2n) is 6.21. The highest BCUT2D eigenvalue weighted by Gasteiger charge is 2.14. The monoisotopic (exact) mass is 470 g/mol. The maximum atomic E-state index is 4.34. The van der Waals surface area contributed by atoms with Gasteiger partial charge in [0, 0.05) is 32.4 Å². The lowest BCUT2D eigenvalue weighted by Crippen LogP contribution is -2.38. The molecule has 1 saturated heterocycles. The van der Waals surface area contributed by atoms with Crippen LogP contribution in [0.25, 0.3) is 0 Å². The lowest BCUT2D eigenvalue weighted by atomic mass is 10.1. The van der Waals surface area contributed by atoms with Gasteiger partial charge in [-0.2, -0.15) is 11.3 Å². The minimum absolute atomic E-state index is 0. The van der Waals surface area contributed by atoms with E-state index < -0.39 is 0 Å². The Morgan fingerprint density at radius 1 is 1.28 bits per heavy atom. The molecule has 1 unspecified atom stereocenters. The van der Waals surface area contributed by atoms with Crippen molar-refractivity contribution in [2.75, 3.05) is 25.0 Å². The number of halogens is 1. The molecule has 1 aromatic heterocycles. The third-order valence-electron chi connectivity index (χ3n) is 4.46. The Hall–Kier alpha value is -1.28. The fourth-order valence-corrected chi connectivity index (χ4v) is 3.70. The van der Waals surface area contributed by atoms with Crippen molar-refractivity contribution < 1.29 is 0 Å². The first-order chi connectivity index (χ1) is 11.8. The van der Waals surface area contributed by atoms with Gasteiger partial charge in [-0.3, -0.25) is 4.99 Å². The van der Waals surface area contributed by atoms with E-state index in [0.29, 0.717) is 0 Å². The Morgan fingerprint density at radius 2 is 2.08 bits per heavy atom. The van der Waals surface area contributed by atoms with Gasteiger partial charge in [-0.25, -0.2) is 0 Å². The van der Waals surface area contributed by atoms with Gasteiger partial charge in [-0.1, -0.05) is 12.1 Å². The zero-order valence-corrected chi connectivity index (χ0v) is 18.0. The highest BCUT2D eigenvalue weighted by Crippen LogP contribution is 2.23. The lowest BCUT2D eigenvalue weighted by Gasteiger charge is -2.22. The van der Waals surface area contributed by atoms with Gasteiger partial charge in [-0.05, 0) is 59.9 Å². The predicted octanol–water partition coefficient (Wildman–Crippen LogP) is 4.39. The van der Waals surface area contributed by atoms with E-state index in [1.807, 2.05) is 7.05 Å². The van der Waals surface area contributed by atoms with E-state index in [1.54, 1.807) is 11.3 Å². The van der Waals surface area contributed by atoms with Gasteiger partial charge in [0.2, 0.25) is 0 Å². The van der Waals surface area contributed by atoms with Crippen LogP contribution in [0.15, 0.2) is 46.1 Å². The molecule has 2 heterocycles. The molecule has 1 aromatic carbocycles. The summed E-state index contributed by atoms with van der Waals surface area (Å²) >= 11 is 1.72. The van der Waals surface area contributed by atoms with Crippen LogP contribution in [0.5, 0.6) is 0 Å². The smallest absolute Gasteiger partial charge is 0.191 e. The molecule has 1 atom stereocenters. The number of guanidine groups is 1. The van der Waals surface area contributed by atoms with Crippen LogP contribution >= 0.6 is 35.3 Å². The number of thiophene rings is 1. The van der Waals surface area contributed by atoms with Crippen molar-refractivity contribution in [3.05, 3.63) is 52.2 Å². The van der Waals surface area contributed by atoms with Crippen LogP contribution in [0.1, 0.15) is 36.9 Å². The number of benzene rings is 1. The van der Waals surface area contributed by atoms with Gasteiger partial charge in [0.15, 0.2) is 5.96 Å². The van der Waals surface area contributed by atoms with Gasteiger partial charge < -0.3 is 15.5 Å². The van der Waals surface area contributed by atoms with E-state index in [-0.39, 0.29) is 30.0 Å². The Bertz CT molecular complexity index is 666. The largest absolute Gasteiger partial charge is 0.372 e. The lowest BCUT2D eigenvalue weighted by molar-refractivity contribution is 0.685. The van der Waals surface area contributed by atoms with E-state index in [9.17, 15) is 0 Å². The summed E-state index contributed by atoms with van der Waals surface area (Å²) < 4.78 is 0. The molecule has 0 bridgehead atoms. The van der Waals surface area contributed by atoms with E-state index in [2.05, 4.69) is 68.5 Å². The van der Waals surface area contributed by atoms with Crippen molar-refractivity contribution in [1.82, 2.24) is 10.6 Å². The third kappa shape index (κ3) is 5.60. The minimum Gasteiger partial charge on any atom is -0.372 e. The maximum absolute atomic E-state index is 4.34. The normalized spacial score (nSPS) is 15.6. The summed E-state index contributed by atoms with van der Waals surface area (Å²) in [5, 5.41) is 11.1. The van der Waals surface area contributed by atoms with Crippen molar-refractivity contribution in [2.45, 2.75) is 32.4 Å². The Kier molecular flexibility index (Phi) is 8.02. The summed E-state index contributed by atoms with van der Waals surface area (Å²) in [6, 6.07) is 11.2. The SMILES string of the molecule is CN=C(NCc1ccsc1)NC(C)c1cccc(N2CCCC2)c1.I. The molecule has 3 rings (SSSR count). The zero-order valence-electron chi connectivity index (χ0n) is 14.9. The number of hydrogen-bond acceptors (Lipinski definition) is 3. The van der Waals surface area contributed by atoms with Crippen molar-refractivity contribution in [3.63, 3.8) is 0 Å². The fourth-order valence-electron chi connectivity index (χ4n) is 3.03.